The number of nitrogens with one attached hydrogen (secondary N) is 1. The minimum absolute atomic E-state index is 0.0460. The summed E-state index contributed by atoms with van der Waals surface area (Å²) < 4.78 is 26.4. The van der Waals surface area contributed by atoms with Gasteiger partial charge in [0.1, 0.15) is 4.90 Å². The number of non-ortho nitro benzene ring substituents is 1. The van der Waals surface area contributed by atoms with Crippen LogP contribution < -0.4 is 5.32 Å². The van der Waals surface area contributed by atoms with Crippen molar-refractivity contribution in [3.8, 4) is 0 Å². The van der Waals surface area contributed by atoms with Gasteiger partial charge < -0.3 is 5.32 Å². The molecule has 1 aromatic rings. The predicted octanol–water partition coefficient (Wildman–Crippen LogP) is 1.81. The maximum atomic E-state index is 12.5. The normalized spacial score (nSPS) is 15.3. The Morgan fingerprint density at radius 3 is 2.60 bits per heavy atom. The van der Waals surface area contributed by atoms with Gasteiger partial charge in [0, 0.05) is 31.8 Å². The molecule has 20 heavy (non-hydrogen) atoms. The topological polar surface area (TPSA) is 92.5 Å². The average molecular weight is 299 g/mol. The monoisotopic (exact) mass is 299 g/mol. The Morgan fingerprint density at radius 1 is 1.45 bits per heavy atom. The summed E-state index contributed by atoms with van der Waals surface area (Å²) in [5.41, 5.74) is 0.142. The van der Waals surface area contributed by atoms with Crippen molar-refractivity contribution in [2.24, 2.45) is 0 Å². The van der Waals surface area contributed by atoms with E-state index in [1.165, 1.54) is 22.5 Å². The third kappa shape index (κ3) is 2.75. The molecular weight excluding hydrogens is 282 g/mol. The SMILES string of the molecule is CCNc1cc([N+](=O)[O-])ccc1S(=O)(=O)N(C)C1CC1. The molecule has 0 saturated heterocycles. The Hall–Kier alpha value is -1.67. The van der Waals surface area contributed by atoms with Gasteiger partial charge in [0.05, 0.1) is 10.6 Å². The van der Waals surface area contributed by atoms with E-state index in [0.29, 0.717) is 6.54 Å². The van der Waals surface area contributed by atoms with Crippen LogP contribution in [0.3, 0.4) is 0 Å². The smallest absolute Gasteiger partial charge is 0.271 e. The molecule has 1 aliphatic rings. The molecule has 0 radical (unpaired) electrons. The molecule has 1 aliphatic carbocycles. The minimum atomic E-state index is -3.62. The third-order valence-electron chi connectivity index (χ3n) is 3.26. The predicted molar refractivity (Wildman–Crippen MR) is 75.2 cm³/mol. The molecule has 2 rings (SSSR count). The number of nitrogens with zero attached hydrogens (tertiary/aromatic N) is 2. The van der Waals surface area contributed by atoms with Crippen molar-refractivity contribution in [3.63, 3.8) is 0 Å². The van der Waals surface area contributed by atoms with Gasteiger partial charge in [-0.3, -0.25) is 10.1 Å². The lowest BCUT2D eigenvalue weighted by atomic mass is 10.3. The first kappa shape index (κ1) is 14.7. The van der Waals surface area contributed by atoms with Gasteiger partial charge >= 0.3 is 0 Å². The standard InChI is InChI=1S/C12H17N3O4S/c1-3-13-11-8-10(15(16)17)6-7-12(11)20(18,19)14(2)9-4-5-9/h6-9,13H,3-5H2,1-2H3. The molecule has 1 fully saturated rings. The summed E-state index contributed by atoms with van der Waals surface area (Å²) in [6.07, 6.45) is 1.72. The van der Waals surface area contributed by atoms with Crippen molar-refractivity contribution in [1.29, 1.82) is 0 Å². The summed E-state index contributed by atoms with van der Waals surface area (Å²) in [4.78, 5) is 10.3. The molecule has 1 saturated carbocycles. The Kier molecular flexibility index (Phi) is 3.96. The van der Waals surface area contributed by atoms with Crippen molar-refractivity contribution >= 4 is 21.4 Å². The number of benzene rings is 1. The number of nitro benzene ring substituents is 1. The van der Waals surface area contributed by atoms with E-state index >= 15 is 0 Å². The van der Waals surface area contributed by atoms with Gasteiger partial charge in [-0.15, -0.1) is 0 Å². The van der Waals surface area contributed by atoms with Gasteiger partial charge in [0.2, 0.25) is 10.0 Å². The van der Waals surface area contributed by atoms with Crippen LogP contribution in [0.15, 0.2) is 23.1 Å². The lowest BCUT2D eigenvalue weighted by Gasteiger charge is -2.19. The van der Waals surface area contributed by atoms with Crippen LogP contribution in [-0.2, 0) is 10.0 Å². The van der Waals surface area contributed by atoms with E-state index < -0.39 is 14.9 Å². The van der Waals surface area contributed by atoms with Crippen LogP contribution >= 0.6 is 0 Å². The van der Waals surface area contributed by atoms with Crippen molar-refractivity contribution in [3.05, 3.63) is 28.3 Å². The number of sulfonamides is 1. The van der Waals surface area contributed by atoms with E-state index in [1.54, 1.807) is 14.0 Å². The zero-order valence-corrected chi connectivity index (χ0v) is 12.2. The number of nitro groups is 1. The third-order valence-corrected chi connectivity index (χ3v) is 5.23. The fraction of sp³-hybridized carbons (Fsp3) is 0.500. The quantitative estimate of drug-likeness (QED) is 0.638. The lowest BCUT2D eigenvalue weighted by Crippen LogP contribution is -2.29. The van der Waals surface area contributed by atoms with Crippen LogP contribution in [0.5, 0.6) is 0 Å². The fourth-order valence-electron chi connectivity index (χ4n) is 1.97. The highest BCUT2D eigenvalue weighted by molar-refractivity contribution is 7.89. The molecule has 0 unspecified atom stereocenters. The van der Waals surface area contributed by atoms with E-state index in [1.807, 2.05) is 0 Å². The second-order valence-electron chi connectivity index (χ2n) is 4.72. The van der Waals surface area contributed by atoms with E-state index in [4.69, 9.17) is 0 Å². The summed E-state index contributed by atoms with van der Waals surface area (Å²) in [6, 6.07) is 3.82. The highest BCUT2D eigenvalue weighted by atomic mass is 32.2. The number of hydrogen-bond acceptors (Lipinski definition) is 5. The fourth-order valence-corrected chi connectivity index (χ4v) is 3.54. The van der Waals surface area contributed by atoms with Crippen LogP contribution in [0.2, 0.25) is 0 Å². The average Bonchev–Trinajstić information content (AvgIpc) is 3.22. The van der Waals surface area contributed by atoms with Gasteiger partial charge in [0.15, 0.2) is 0 Å². The van der Waals surface area contributed by atoms with E-state index in [2.05, 4.69) is 5.32 Å². The van der Waals surface area contributed by atoms with Crippen molar-refractivity contribution in [2.45, 2.75) is 30.7 Å². The molecule has 0 atom stereocenters. The zero-order chi connectivity index (χ0) is 14.9. The lowest BCUT2D eigenvalue weighted by molar-refractivity contribution is -0.384. The van der Waals surface area contributed by atoms with E-state index in [9.17, 15) is 18.5 Å². The Bertz CT molecular complexity index is 626. The molecule has 0 aliphatic heterocycles. The second kappa shape index (κ2) is 5.37. The second-order valence-corrected chi connectivity index (χ2v) is 6.69. The van der Waals surface area contributed by atoms with Crippen LogP contribution in [0, 0.1) is 10.1 Å². The Morgan fingerprint density at radius 2 is 2.10 bits per heavy atom. The minimum Gasteiger partial charge on any atom is -0.384 e. The highest BCUT2D eigenvalue weighted by Crippen LogP contribution is 2.34. The first-order valence-electron chi connectivity index (χ1n) is 6.38. The first-order valence-corrected chi connectivity index (χ1v) is 7.82. The zero-order valence-electron chi connectivity index (χ0n) is 11.4. The molecule has 0 spiro atoms. The summed E-state index contributed by atoms with van der Waals surface area (Å²) >= 11 is 0. The molecule has 7 nitrogen and oxygen atoms in total. The van der Waals surface area contributed by atoms with Gasteiger partial charge in [-0.2, -0.15) is 4.31 Å². The molecule has 1 aromatic carbocycles. The molecular formula is C12H17N3O4S. The molecule has 0 amide bonds. The number of hydrogen-bond donors (Lipinski definition) is 1. The molecule has 110 valence electrons. The first-order chi connectivity index (χ1) is 9.37. The number of rotatable bonds is 6. The van der Waals surface area contributed by atoms with Crippen LogP contribution in [0.1, 0.15) is 19.8 Å². The summed E-state index contributed by atoms with van der Waals surface area (Å²) in [5.74, 6) is 0. The van der Waals surface area contributed by atoms with Crippen molar-refractivity contribution in [2.75, 3.05) is 18.9 Å². The summed E-state index contributed by atoms with van der Waals surface area (Å²) in [5, 5.41) is 13.7. The van der Waals surface area contributed by atoms with Gasteiger partial charge in [-0.1, -0.05) is 0 Å². The van der Waals surface area contributed by atoms with Crippen LogP contribution in [0.4, 0.5) is 11.4 Å². The molecule has 0 aromatic heterocycles. The van der Waals surface area contributed by atoms with Crippen LogP contribution in [0.25, 0.3) is 0 Å². The van der Waals surface area contributed by atoms with Crippen molar-refractivity contribution in [1.82, 2.24) is 4.31 Å². The van der Waals surface area contributed by atoms with Gasteiger partial charge in [0.25, 0.3) is 5.69 Å². The Labute approximate surface area is 117 Å². The van der Waals surface area contributed by atoms with Crippen LogP contribution in [-0.4, -0.2) is 37.3 Å². The summed E-state index contributed by atoms with van der Waals surface area (Å²) in [6.45, 7) is 2.29. The highest BCUT2D eigenvalue weighted by Gasteiger charge is 2.36. The molecule has 8 heteroatoms. The van der Waals surface area contributed by atoms with E-state index in [0.717, 1.165) is 12.8 Å². The summed E-state index contributed by atoms with van der Waals surface area (Å²) in [7, 11) is -2.08. The molecule has 0 heterocycles. The Balaban J connectivity index is 2.46. The van der Waals surface area contributed by atoms with E-state index in [-0.39, 0.29) is 22.3 Å². The van der Waals surface area contributed by atoms with Gasteiger partial charge in [-0.05, 0) is 25.8 Å². The molecule has 0 bridgehead atoms. The molecule has 1 N–H and O–H groups in total. The maximum Gasteiger partial charge on any atom is 0.271 e. The largest absolute Gasteiger partial charge is 0.384 e. The van der Waals surface area contributed by atoms with Gasteiger partial charge in [-0.25, -0.2) is 8.42 Å². The number of anilines is 1. The maximum absolute atomic E-state index is 12.5. The van der Waals surface area contributed by atoms with Crippen molar-refractivity contribution < 1.29 is 13.3 Å².